The SMILES string of the molecule is COc1cccc2c1OC1(CCN(C(C)=O)CC1)N1N=C(c3ccc(Cl)cc3Cl)C[C@@H]21. The second kappa shape index (κ2) is 7.61. The van der Waals surface area contributed by atoms with Gasteiger partial charge in [-0.3, -0.25) is 4.79 Å². The summed E-state index contributed by atoms with van der Waals surface area (Å²) in [6.07, 6.45) is 2.01. The zero-order chi connectivity index (χ0) is 21.8. The third kappa shape index (κ3) is 3.33. The lowest BCUT2D eigenvalue weighted by Gasteiger charge is -2.51. The van der Waals surface area contributed by atoms with Crippen LogP contribution in [0.15, 0.2) is 41.5 Å². The fourth-order valence-corrected chi connectivity index (χ4v) is 5.34. The molecule has 1 atom stereocenters. The zero-order valence-corrected chi connectivity index (χ0v) is 18.9. The minimum Gasteiger partial charge on any atom is -0.493 e. The third-order valence-electron chi connectivity index (χ3n) is 6.44. The fourth-order valence-electron chi connectivity index (χ4n) is 4.82. The van der Waals surface area contributed by atoms with Crippen LogP contribution >= 0.6 is 23.2 Å². The second-order valence-electron chi connectivity index (χ2n) is 8.17. The number of likely N-dealkylation sites (tertiary alicyclic amines) is 1. The number of methoxy groups -OCH3 is 1. The predicted octanol–water partition coefficient (Wildman–Crippen LogP) is 4.88. The van der Waals surface area contributed by atoms with Crippen molar-refractivity contribution in [1.82, 2.24) is 9.91 Å². The van der Waals surface area contributed by atoms with E-state index >= 15 is 0 Å². The van der Waals surface area contributed by atoms with Crippen LogP contribution in [0.1, 0.15) is 43.4 Å². The molecule has 3 heterocycles. The second-order valence-corrected chi connectivity index (χ2v) is 9.01. The summed E-state index contributed by atoms with van der Waals surface area (Å²) in [5, 5.41) is 8.29. The Balaban J connectivity index is 1.59. The average Bonchev–Trinajstić information content (AvgIpc) is 3.20. The Kier molecular flexibility index (Phi) is 5.02. The molecule has 5 rings (SSSR count). The van der Waals surface area contributed by atoms with Gasteiger partial charge in [0.2, 0.25) is 11.6 Å². The smallest absolute Gasteiger partial charge is 0.219 e. The molecule has 31 heavy (non-hydrogen) atoms. The number of ether oxygens (including phenoxy) is 2. The Labute approximate surface area is 191 Å². The van der Waals surface area contributed by atoms with Crippen LogP contribution in [0.2, 0.25) is 10.0 Å². The molecule has 0 N–H and O–H groups in total. The van der Waals surface area contributed by atoms with Crippen molar-refractivity contribution in [3.8, 4) is 11.5 Å². The average molecular weight is 460 g/mol. The molecule has 0 saturated carbocycles. The molecule has 3 aliphatic heterocycles. The van der Waals surface area contributed by atoms with Crippen molar-refractivity contribution in [2.75, 3.05) is 20.2 Å². The Bertz CT molecular complexity index is 1080. The molecule has 6 nitrogen and oxygen atoms in total. The largest absolute Gasteiger partial charge is 0.493 e. The molecule has 162 valence electrons. The van der Waals surface area contributed by atoms with Gasteiger partial charge in [-0.2, -0.15) is 5.10 Å². The van der Waals surface area contributed by atoms with Gasteiger partial charge >= 0.3 is 0 Å². The Morgan fingerprint density at radius 2 is 2.00 bits per heavy atom. The normalized spacial score (nSPS) is 21.3. The van der Waals surface area contributed by atoms with E-state index in [0.29, 0.717) is 48.1 Å². The van der Waals surface area contributed by atoms with E-state index in [1.54, 1.807) is 20.1 Å². The minimum atomic E-state index is -0.640. The molecule has 0 aromatic heterocycles. The van der Waals surface area contributed by atoms with Crippen LogP contribution in [-0.4, -0.2) is 47.5 Å². The molecule has 2 aromatic rings. The summed E-state index contributed by atoms with van der Waals surface area (Å²) in [7, 11) is 1.65. The van der Waals surface area contributed by atoms with Crippen LogP contribution in [0.4, 0.5) is 0 Å². The monoisotopic (exact) mass is 459 g/mol. The highest BCUT2D eigenvalue weighted by molar-refractivity contribution is 6.37. The van der Waals surface area contributed by atoms with Crippen molar-refractivity contribution in [2.45, 2.75) is 38.0 Å². The maximum absolute atomic E-state index is 11.9. The number of piperidine rings is 1. The van der Waals surface area contributed by atoms with E-state index in [4.69, 9.17) is 37.8 Å². The lowest BCUT2D eigenvalue weighted by molar-refractivity contribution is -0.159. The van der Waals surface area contributed by atoms with Crippen LogP contribution in [0.5, 0.6) is 11.5 Å². The van der Waals surface area contributed by atoms with E-state index in [1.807, 2.05) is 29.2 Å². The molecular weight excluding hydrogens is 437 g/mol. The standard InChI is InChI=1S/C23H23Cl2N3O3/c1-14(29)27-10-8-23(9-11-27)28-20(17-4-3-5-21(30-2)22(17)31-23)13-19(26-28)16-7-6-15(24)12-18(16)25/h3-7,12,20H,8-11,13H2,1-2H3/t20-/m0/s1. The number of carbonyl (C=O) groups is 1. The van der Waals surface area contributed by atoms with Crippen molar-refractivity contribution in [2.24, 2.45) is 5.10 Å². The van der Waals surface area contributed by atoms with Crippen LogP contribution in [0, 0.1) is 0 Å². The van der Waals surface area contributed by atoms with Crippen LogP contribution in [0.3, 0.4) is 0 Å². The van der Waals surface area contributed by atoms with Crippen LogP contribution in [0.25, 0.3) is 0 Å². The van der Waals surface area contributed by atoms with E-state index in [0.717, 1.165) is 22.6 Å². The summed E-state index contributed by atoms with van der Waals surface area (Å²) in [5.74, 6) is 1.56. The van der Waals surface area contributed by atoms with Gasteiger partial charge in [-0.05, 0) is 18.2 Å². The van der Waals surface area contributed by atoms with Gasteiger partial charge < -0.3 is 14.4 Å². The molecule has 0 bridgehead atoms. The molecular formula is C23H23Cl2N3O3. The first-order valence-electron chi connectivity index (χ1n) is 10.4. The van der Waals surface area contributed by atoms with E-state index in [2.05, 4.69) is 11.1 Å². The van der Waals surface area contributed by atoms with Gasteiger partial charge in [0.25, 0.3) is 0 Å². The van der Waals surface area contributed by atoms with Crippen molar-refractivity contribution in [3.05, 3.63) is 57.6 Å². The summed E-state index contributed by atoms with van der Waals surface area (Å²) < 4.78 is 12.3. The van der Waals surface area contributed by atoms with Gasteiger partial charge in [0.05, 0.1) is 23.9 Å². The van der Waals surface area contributed by atoms with Crippen LogP contribution in [-0.2, 0) is 4.79 Å². The Hall–Kier alpha value is -2.44. The van der Waals surface area contributed by atoms with Gasteiger partial charge in [0.1, 0.15) is 0 Å². The molecule has 1 spiro atoms. The van der Waals surface area contributed by atoms with E-state index < -0.39 is 5.72 Å². The van der Waals surface area contributed by atoms with Gasteiger partial charge in [-0.15, -0.1) is 0 Å². The number of hydrogen-bond acceptors (Lipinski definition) is 5. The molecule has 1 saturated heterocycles. The molecule has 8 heteroatoms. The first-order valence-corrected chi connectivity index (χ1v) is 11.1. The third-order valence-corrected chi connectivity index (χ3v) is 6.99. The van der Waals surface area contributed by atoms with Crippen molar-refractivity contribution in [3.63, 3.8) is 0 Å². The topological polar surface area (TPSA) is 54.4 Å². The Morgan fingerprint density at radius 1 is 1.23 bits per heavy atom. The number of carbonyl (C=O) groups excluding carboxylic acids is 1. The number of rotatable bonds is 2. The number of amides is 1. The lowest BCUT2D eigenvalue weighted by atomic mass is 9.90. The number of fused-ring (bicyclic) bond motifs is 4. The summed E-state index contributed by atoms with van der Waals surface area (Å²) in [6, 6.07) is 11.5. The van der Waals surface area contributed by atoms with Gasteiger partial charge in [0.15, 0.2) is 11.5 Å². The van der Waals surface area contributed by atoms with Gasteiger partial charge in [-0.1, -0.05) is 41.4 Å². The Morgan fingerprint density at radius 3 is 2.68 bits per heavy atom. The number of hydrazone groups is 1. The highest BCUT2D eigenvalue weighted by Crippen LogP contribution is 2.53. The maximum atomic E-state index is 11.9. The maximum Gasteiger partial charge on any atom is 0.219 e. The predicted molar refractivity (Wildman–Crippen MR) is 120 cm³/mol. The van der Waals surface area contributed by atoms with Crippen molar-refractivity contribution in [1.29, 1.82) is 0 Å². The van der Waals surface area contributed by atoms with Crippen LogP contribution < -0.4 is 9.47 Å². The number of benzene rings is 2. The zero-order valence-electron chi connectivity index (χ0n) is 17.4. The summed E-state index contributed by atoms with van der Waals surface area (Å²) in [4.78, 5) is 13.8. The molecule has 1 amide bonds. The lowest BCUT2D eigenvalue weighted by Crippen LogP contribution is -2.59. The minimum absolute atomic E-state index is 0.00414. The fraction of sp³-hybridized carbons (Fsp3) is 0.391. The highest BCUT2D eigenvalue weighted by Gasteiger charge is 2.52. The highest BCUT2D eigenvalue weighted by atomic mass is 35.5. The molecule has 0 unspecified atom stereocenters. The van der Waals surface area contributed by atoms with E-state index in [9.17, 15) is 4.79 Å². The molecule has 2 aromatic carbocycles. The summed E-state index contributed by atoms with van der Waals surface area (Å²) >= 11 is 12.6. The van der Waals surface area contributed by atoms with E-state index in [1.165, 1.54) is 0 Å². The molecule has 0 radical (unpaired) electrons. The van der Waals surface area contributed by atoms with Crippen molar-refractivity contribution < 1.29 is 14.3 Å². The van der Waals surface area contributed by atoms with Gasteiger partial charge in [-0.25, -0.2) is 5.01 Å². The van der Waals surface area contributed by atoms with E-state index in [-0.39, 0.29) is 11.9 Å². The first-order chi connectivity index (χ1) is 14.9. The van der Waals surface area contributed by atoms with Crippen molar-refractivity contribution >= 4 is 34.8 Å². The quantitative estimate of drug-likeness (QED) is 0.641. The number of nitrogens with zero attached hydrogens (tertiary/aromatic N) is 3. The number of hydrogen-bond donors (Lipinski definition) is 0. The number of para-hydroxylation sites is 1. The molecule has 0 aliphatic carbocycles. The summed E-state index contributed by atoms with van der Waals surface area (Å²) in [5.41, 5.74) is 2.18. The van der Waals surface area contributed by atoms with Gasteiger partial charge in [0, 0.05) is 55.4 Å². The molecule has 1 fully saturated rings. The number of halogens is 2. The molecule has 3 aliphatic rings. The summed E-state index contributed by atoms with van der Waals surface area (Å²) in [6.45, 7) is 2.85. The first kappa shape index (κ1) is 20.5.